The molecule has 0 bridgehead atoms. The molecule has 2 N–H and O–H groups in total. The van der Waals surface area contributed by atoms with Gasteiger partial charge in [0.15, 0.2) is 5.82 Å². The normalized spacial score (nSPS) is 11.4. The number of aromatic nitrogens is 3. The number of aromatic amines is 1. The smallest absolute Gasteiger partial charge is 0.234 e. The van der Waals surface area contributed by atoms with E-state index < -0.39 is 0 Å². The van der Waals surface area contributed by atoms with Crippen molar-refractivity contribution in [1.82, 2.24) is 15.2 Å². The number of para-hydroxylation sites is 1. The number of nitrogens with zero attached hydrogens (tertiary/aromatic N) is 2. The minimum Gasteiger partial charge on any atom is -0.324 e. The zero-order valence-electron chi connectivity index (χ0n) is 15.4. The number of carbonyl (C=O) groups excluding carboxylic acids is 1. The van der Waals surface area contributed by atoms with E-state index in [-0.39, 0.29) is 17.1 Å². The molecule has 3 rings (SSSR count). The van der Waals surface area contributed by atoms with Crippen molar-refractivity contribution in [2.24, 2.45) is 0 Å². The van der Waals surface area contributed by atoms with Gasteiger partial charge >= 0.3 is 0 Å². The fourth-order valence-electron chi connectivity index (χ4n) is 2.45. The second kappa shape index (κ2) is 8.43. The Bertz CT molecular complexity index is 932. The van der Waals surface area contributed by atoms with Crippen LogP contribution in [0.3, 0.4) is 0 Å². The van der Waals surface area contributed by atoms with Gasteiger partial charge in [-0.3, -0.25) is 9.89 Å². The van der Waals surface area contributed by atoms with Crippen molar-refractivity contribution in [3.05, 3.63) is 57.7 Å². The fraction of sp³-hybridized carbons (Fsp3) is 0.250. The Morgan fingerprint density at radius 1 is 1.15 bits per heavy atom. The Labute approximate surface area is 176 Å². The van der Waals surface area contributed by atoms with E-state index in [1.807, 2.05) is 36.4 Å². The van der Waals surface area contributed by atoms with E-state index in [4.69, 9.17) is 0 Å². The summed E-state index contributed by atoms with van der Waals surface area (Å²) in [4.78, 5) is 16.6. The van der Waals surface area contributed by atoms with Crippen molar-refractivity contribution >= 4 is 45.9 Å². The highest BCUT2D eigenvalue weighted by molar-refractivity contribution is 14.1. The first-order valence-corrected chi connectivity index (χ1v) is 10.6. The van der Waals surface area contributed by atoms with Gasteiger partial charge in [0.2, 0.25) is 11.1 Å². The maximum absolute atomic E-state index is 12.1. The topological polar surface area (TPSA) is 70.7 Å². The Morgan fingerprint density at radius 2 is 1.85 bits per heavy atom. The number of halogens is 1. The summed E-state index contributed by atoms with van der Waals surface area (Å²) in [6.45, 7) is 6.56. The largest absolute Gasteiger partial charge is 0.324 e. The Hall–Kier alpha value is -1.87. The Kier molecular flexibility index (Phi) is 6.21. The number of H-pyrrole nitrogens is 1. The van der Waals surface area contributed by atoms with Gasteiger partial charge in [0, 0.05) is 9.13 Å². The molecule has 0 aliphatic carbocycles. The van der Waals surface area contributed by atoms with Crippen LogP contribution < -0.4 is 5.32 Å². The van der Waals surface area contributed by atoms with Gasteiger partial charge in [-0.1, -0.05) is 68.9 Å². The molecule has 3 aromatic rings. The van der Waals surface area contributed by atoms with Crippen molar-refractivity contribution in [1.29, 1.82) is 0 Å². The summed E-state index contributed by atoms with van der Waals surface area (Å²) in [7, 11) is 0. The van der Waals surface area contributed by atoms with E-state index in [0.717, 1.165) is 14.8 Å². The maximum atomic E-state index is 12.1. The molecule has 0 fully saturated rings. The first-order valence-electron chi connectivity index (χ1n) is 8.53. The molecule has 1 amide bonds. The van der Waals surface area contributed by atoms with E-state index in [1.54, 1.807) is 0 Å². The van der Waals surface area contributed by atoms with Gasteiger partial charge in [-0.05, 0) is 45.7 Å². The number of rotatable bonds is 5. The quantitative estimate of drug-likeness (QED) is 0.384. The number of nitrogens with one attached hydrogen (secondary N) is 2. The van der Waals surface area contributed by atoms with Crippen LogP contribution in [-0.2, 0) is 10.2 Å². The van der Waals surface area contributed by atoms with Crippen LogP contribution in [0.4, 0.5) is 5.69 Å². The van der Waals surface area contributed by atoms with Crippen LogP contribution in [0, 0.1) is 3.57 Å². The van der Waals surface area contributed by atoms with Crippen LogP contribution >= 0.6 is 34.4 Å². The molecular formula is C20H21IN4OS. The Balaban J connectivity index is 1.59. The SMILES string of the molecule is CC(C)(C)c1ccc(-c2nc(SCC(=O)Nc3ccccc3I)n[nH]2)cc1. The highest BCUT2D eigenvalue weighted by Crippen LogP contribution is 2.25. The molecular weight excluding hydrogens is 471 g/mol. The van der Waals surface area contributed by atoms with E-state index >= 15 is 0 Å². The van der Waals surface area contributed by atoms with Crippen LogP contribution in [0.1, 0.15) is 26.3 Å². The second-order valence-electron chi connectivity index (χ2n) is 7.11. The number of hydrogen-bond donors (Lipinski definition) is 2. The number of amides is 1. The summed E-state index contributed by atoms with van der Waals surface area (Å²) >= 11 is 3.51. The van der Waals surface area contributed by atoms with E-state index in [0.29, 0.717) is 11.0 Å². The van der Waals surface area contributed by atoms with Gasteiger partial charge in [-0.25, -0.2) is 4.98 Å². The fourth-order valence-corrected chi connectivity index (χ4v) is 3.57. The molecule has 0 saturated heterocycles. The number of carbonyl (C=O) groups is 1. The number of benzene rings is 2. The van der Waals surface area contributed by atoms with Crippen LogP contribution in [0.5, 0.6) is 0 Å². The predicted octanol–water partition coefficient (Wildman–Crippen LogP) is 5.10. The minimum atomic E-state index is -0.0787. The molecule has 0 unspecified atom stereocenters. The lowest BCUT2D eigenvalue weighted by Crippen LogP contribution is -2.14. The van der Waals surface area contributed by atoms with Gasteiger partial charge < -0.3 is 5.32 Å². The van der Waals surface area contributed by atoms with Gasteiger partial charge in [0.05, 0.1) is 11.4 Å². The lowest BCUT2D eigenvalue weighted by Gasteiger charge is -2.18. The van der Waals surface area contributed by atoms with E-state index in [9.17, 15) is 4.79 Å². The first-order chi connectivity index (χ1) is 12.8. The second-order valence-corrected chi connectivity index (χ2v) is 9.22. The van der Waals surface area contributed by atoms with Crippen LogP contribution in [0.25, 0.3) is 11.4 Å². The summed E-state index contributed by atoms with van der Waals surface area (Å²) < 4.78 is 1.01. The molecule has 5 nitrogen and oxygen atoms in total. The molecule has 0 saturated carbocycles. The molecule has 0 spiro atoms. The third-order valence-corrected chi connectivity index (χ3v) is 5.76. The number of anilines is 1. The van der Waals surface area contributed by atoms with Crippen molar-refractivity contribution in [3.8, 4) is 11.4 Å². The summed E-state index contributed by atoms with van der Waals surface area (Å²) in [5, 5.41) is 10.6. The molecule has 1 heterocycles. The summed E-state index contributed by atoms with van der Waals surface area (Å²) in [5.74, 6) is 0.881. The molecule has 0 atom stereocenters. The average molecular weight is 492 g/mol. The summed E-state index contributed by atoms with van der Waals surface area (Å²) in [6.07, 6.45) is 0. The van der Waals surface area contributed by atoms with Crippen LogP contribution in [-0.4, -0.2) is 26.8 Å². The molecule has 1 aromatic heterocycles. The third-order valence-electron chi connectivity index (χ3n) is 3.97. The van der Waals surface area contributed by atoms with Gasteiger partial charge in [0.1, 0.15) is 0 Å². The van der Waals surface area contributed by atoms with Crippen molar-refractivity contribution in [2.75, 3.05) is 11.1 Å². The number of hydrogen-bond acceptors (Lipinski definition) is 4. The Morgan fingerprint density at radius 3 is 2.52 bits per heavy atom. The monoisotopic (exact) mass is 492 g/mol. The van der Waals surface area contributed by atoms with Gasteiger partial charge in [-0.2, -0.15) is 0 Å². The summed E-state index contributed by atoms with van der Waals surface area (Å²) in [6, 6.07) is 16.0. The van der Waals surface area contributed by atoms with E-state index in [2.05, 4.69) is 76.0 Å². The zero-order chi connectivity index (χ0) is 19.4. The minimum absolute atomic E-state index is 0.0787. The van der Waals surface area contributed by atoms with Gasteiger partial charge in [0.25, 0.3) is 0 Å². The molecule has 0 aliphatic heterocycles. The molecule has 0 radical (unpaired) electrons. The van der Waals surface area contributed by atoms with Crippen LogP contribution in [0.15, 0.2) is 53.7 Å². The lowest BCUT2D eigenvalue weighted by molar-refractivity contribution is -0.113. The van der Waals surface area contributed by atoms with Gasteiger partial charge in [-0.15, -0.1) is 5.10 Å². The van der Waals surface area contributed by atoms with Crippen molar-refractivity contribution in [3.63, 3.8) is 0 Å². The van der Waals surface area contributed by atoms with Crippen molar-refractivity contribution in [2.45, 2.75) is 31.3 Å². The van der Waals surface area contributed by atoms with Crippen LogP contribution in [0.2, 0.25) is 0 Å². The third kappa shape index (κ3) is 5.32. The van der Waals surface area contributed by atoms with Crippen molar-refractivity contribution < 1.29 is 4.79 Å². The molecule has 140 valence electrons. The number of thioether (sulfide) groups is 1. The zero-order valence-corrected chi connectivity index (χ0v) is 18.4. The predicted molar refractivity (Wildman–Crippen MR) is 119 cm³/mol. The lowest BCUT2D eigenvalue weighted by atomic mass is 9.87. The van der Waals surface area contributed by atoms with E-state index in [1.165, 1.54) is 17.3 Å². The molecule has 7 heteroatoms. The standard InChI is InChI=1S/C20H21IN4OS/c1-20(2,3)14-10-8-13(9-11-14)18-23-19(25-24-18)27-12-17(26)22-16-7-5-4-6-15(16)21/h4-11H,12H2,1-3H3,(H,22,26)(H,23,24,25). The maximum Gasteiger partial charge on any atom is 0.234 e. The summed E-state index contributed by atoms with van der Waals surface area (Å²) in [5.41, 5.74) is 3.18. The highest BCUT2D eigenvalue weighted by atomic mass is 127. The molecule has 27 heavy (non-hydrogen) atoms. The molecule has 0 aliphatic rings. The highest BCUT2D eigenvalue weighted by Gasteiger charge is 2.14. The molecule has 2 aromatic carbocycles. The first kappa shape index (κ1) is 19.9. The average Bonchev–Trinajstić information content (AvgIpc) is 3.10.